The highest BCUT2D eigenvalue weighted by Crippen LogP contribution is 2.13. The Morgan fingerprint density at radius 2 is 1.92 bits per heavy atom. The highest BCUT2D eigenvalue weighted by Gasteiger charge is 2.28. The first-order valence-corrected chi connectivity index (χ1v) is 10.0. The monoisotopic (exact) mass is 367 g/mol. The number of morpholine rings is 1. The van der Waals surface area contributed by atoms with Gasteiger partial charge in [-0.1, -0.05) is 13.8 Å². The van der Waals surface area contributed by atoms with Crippen LogP contribution in [-0.2, 0) is 9.53 Å². The summed E-state index contributed by atoms with van der Waals surface area (Å²) in [5.74, 6) is 1.14. The molecule has 2 heterocycles. The molecule has 150 valence electrons. The Balaban J connectivity index is 1.65. The molecule has 0 aromatic heterocycles. The van der Waals surface area contributed by atoms with Crippen molar-refractivity contribution in [3.63, 3.8) is 0 Å². The van der Waals surface area contributed by atoms with Crippen LogP contribution < -0.4 is 10.6 Å². The van der Waals surface area contributed by atoms with Gasteiger partial charge in [-0.25, -0.2) is 0 Å². The number of aliphatic imine (C=N–C) groups is 1. The third-order valence-corrected chi connectivity index (χ3v) is 5.00. The maximum Gasteiger partial charge on any atom is 0.225 e. The number of hydrogen-bond donors (Lipinski definition) is 2. The molecule has 0 aliphatic carbocycles. The van der Waals surface area contributed by atoms with E-state index in [-0.39, 0.29) is 17.9 Å². The lowest BCUT2D eigenvalue weighted by Gasteiger charge is -2.35. The predicted octanol–water partition coefficient (Wildman–Crippen LogP) is 0.908. The molecule has 7 nitrogen and oxygen atoms in total. The zero-order valence-electron chi connectivity index (χ0n) is 17.1. The molecule has 2 aliphatic heterocycles. The summed E-state index contributed by atoms with van der Waals surface area (Å²) in [5, 5.41) is 6.86. The molecule has 3 unspecified atom stereocenters. The summed E-state index contributed by atoms with van der Waals surface area (Å²) in [6.07, 6.45) is 2.69. The predicted molar refractivity (Wildman–Crippen MR) is 105 cm³/mol. The third kappa shape index (κ3) is 6.43. The molecule has 2 N–H and O–H groups in total. The Hall–Kier alpha value is -1.34. The number of amides is 1. The van der Waals surface area contributed by atoms with E-state index in [4.69, 9.17) is 4.74 Å². The smallest absolute Gasteiger partial charge is 0.225 e. The van der Waals surface area contributed by atoms with Crippen LogP contribution in [0.25, 0.3) is 0 Å². The number of carbonyl (C=O) groups excluding carboxylic acids is 1. The number of guanidine groups is 1. The van der Waals surface area contributed by atoms with Crippen LogP contribution in [0.1, 0.15) is 40.5 Å². The van der Waals surface area contributed by atoms with E-state index >= 15 is 0 Å². The Morgan fingerprint density at radius 1 is 1.23 bits per heavy atom. The third-order valence-electron chi connectivity index (χ3n) is 5.00. The van der Waals surface area contributed by atoms with E-state index in [2.05, 4.69) is 34.4 Å². The summed E-state index contributed by atoms with van der Waals surface area (Å²) in [6.45, 7) is 13.8. The Bertz CT molecular complexity index is 473. The van der Waals surface area contributed by atoms with Crippen molar-refractivity contribution in [3.8, 4) is 0 Å². The van der Waals surface area contributed by atoms with Crippen LogP contribution in [0.15, 0.2) is 4.99 Å². The van der Waals surface area contributed by atoms with Gasteiger partial charge in [-0.3, -0.25) is 14.7 Å². The average molecular weight is 368 g/mol. The van der Waals surface area contributed by atoms with Crippen molar-refractivity contribution in [2.24, 2.45) is 10.9 Å². The molecular weight excluding hydrogens is 330 g/mol. The van der Waals surface area contributed by atoms with Crippen molar-refractivity contribution in [3.05, 3.63) is 0 Å². The van der Waals surface area contributed by atoms with E-state index in [0.29, 0.717) is 12.2 Å². The van der Waals surface area contributed by atoms with Gasteiger partial charge in [-0.15, -0.1) is 0 Å². The van der Waals surface area contributed by atoms with E-state index in [1.54, 1.807) is 7.05 Å². The highest BCUT2D eigenvalue weighted by molar-refractivity contribution is 5.81. The number of hydrogen-bond acceptors (Lipinski definition) is 4. The van der Waals surface area contributed by atoms with Gasteiger partial charge >= 0.3 is 0 Å². The summed E-state index contributed by atoms with van der Waals surface area (Å²) in [4.78, 5) is 20.8. The minimum atomic E-state index is 0.0665. The van der Waals surface area contributed by atoms with Gasteiger partial charge in [-0.2, -0.15) is 0 Å². The number of nitrogens with one attached hydrogen (secondary N) is 2. The number of ether oxygens (including phenoxy) is 1. The van der Waals surface area contributed by atoms with Crippen LogP contribution in [0.2, 0.25) is 0 Å². The maximum absolute atomic E-state index is 12.1. The molecule has 0 aromatic rings. The fourth-order valence-corrected chi connectivity index (χ4v) is 3.81. The molecule has 26 heavy (non-hydrogen) atoms. The number of likely N-dealkylation sites (tertiary alicyclic amines) is 1. The Kier molecular flexibility index (Phi) is 8.15. The van der Waals surface area contributed by atoms with Gasteiger partial charge in [0.2, 0.25) is 5.91 Å². The van der Waals surface area contributed by atoms with Crippen molar-refractivity contribution in [1.82, 2.24) is 20.4 Å². The fourth-order valence-electron chi connectivity index (χ4n) is 3.81. The second kappa shape index (κ2) is 10.1. The number of nitrogens with zero attached hydrogens (tertiary/aromatic N) is 3. The summed E-state index contributed by atoms with van der Waals surface area (Å²) in [6, 6.07) is 0.282. The molecule has 0 saturated carbocycles. The zero-order chi connectivity index (χ0) is 19.1. The largest absolute Gasteiger partial charge is 0.373 e. The van der Waals surface area contributed by atoms with E-state index < -0.39 is 0 Å². The van der Waals surface area contributed by atoms with Crippen LogP contribution in [0, 0.1) is 5.92 Å². The SMILES string of the molecule is CN=C(NCCCN1CC(C)OC(C)C1)NC1CCN(C(=O)C(C)C)C1. The molecule has 2 saturated heterocycles. The molecule has 1 amide bonds. The minimum absolute atomic E-state index is 0.0665. The summed E-state index contributed by atoms with van der Waals surface area (Å²) >= 11 is 0. The number of carbonyl (C=O) groups is 1. The molecular formula is C19H37N5O2. The second-order valence-corrected chi connectivity index (χ2v) is 7.94. The minimum Gasteiger partial charge on any atom is -0.373 e. The lowest BCUT2D eigenvalue weighted by molar-refractivity contribution is -0.133. The van der Waals surface area contributed by atoms with Crippen molar-refractivity contribution in [2.75, 3.05) is 46.3 Å². The van der Waals surface area contributed by atoms with E-state index in [1.807, 2.05) is 18.7 Å². The quantitative estimate of drug-likeness (QED) is 0.415. The Labute approximate surface area is 158 Å². The zero-order valence-corrected chi connectivity index (χ0v) is 17.1. The maximum atomic E-state index is 12.1. The first-order chi connectivity index (χ1) is 12.4. The lowest BCUT2D eigenvalue weighted by atomic mass is 10.2. The van der Waals surface area contributed by atoms with Crippen molar-refractivity contribution in [2.45, 2.75) is 58.8 Å². The van der Waals surface area contributed by atoms with Crippen LogP contribution in [0.5, 0.6) is 0 Å². The van der Waals surface area contributed by atoms with Crippen molar-refractivity contribution in [1.29, 1.82) is 0 Å². The van der Waals surface area contributed by atoms with Gasteiger partial charge in [0.1, 0.15) is 0 Å². The van der Waals surface area contributed by atoms with E-state index in [1.165, 1.54) is 0 Å². The first-order valence-electron chi connectivity index (χ1n) is 10.0. The normalized spacial score (nSPS) is 27.8. The molecule has 0 aromatic carbocycles. The van der Waals surface area contributed by atoms with Gasteiger partial charge in [-0.05, 0) is 26.7 Å². The topological polar surface area (TPSA) is 69.2 Å². The van der Waals surface area contributed by atoms with Gasteiger partial charge in [0.05, 0.1) is 12.2 Å². The lowest BCUT2D eigenvalue weighted by Crippen LogP contribution is -2.47. The number of rotatable bonds is 6. The molecule has 3 atom stereocenters. The fraction of sp³-hybridized carbons (Fsp3) is 0.895. The second-order valence-electron chi connectivity index (χ2n) is 7.94. The van der Waals surface area contributed by atoms with Gasteiger partial charge in [0.25, 0.3) is 0 Å². The standard InChI is InChI=1S/C19H37N5O2/c1-14(2)18(25)24-10-7-17(13-24)22-19(20-5)21-8-6-9-23-11-15(3)26-16(4)12-23/h14-17H,6-13H2,1-5H3,(H2,20,21,22). The highest BCUT2D eigenvalue weighted by atomic mass is 16.5. The molecule has 0 radical (unpaired) electrons. The molecule has 2 fully saturated rings. The van der Waals surface area contributed by atoms with E-state index in [9.17, 15) is 4.79 Å². The molecule has 7 heteroatoms. The summed E-state index contributed by atoms with van der Waals surface area (Å²) in [5.41, 5.74) is 0. The molecule has 0 bridgehead atoms. The van der Waals surface area contributed by atoms with Crippen LogP contribution >= 0.6 is 0 Å². The van der Waals surface area contributed by atoms with Gasteiger partial charge in [0.15, 0.2) is 5.96 Å². The van der Waals surface area contributed by atoms with Crippen molar-refractivity contribution < 1.29 is 9.53 Å². The summed E-state index contributed by atoms with van der Waals surface area (Å²) in [7, 11) is 1.80. The molecule has 2 aliphatic rings. The van der Waals surface area contributed by atoms with Gasteiger partial charge < -0.3 is 20.3 Å². The van der Waals surface area contributed by atoms with Crippen molar-refractivity contribution >= 4 is 11.9 Å². The Morgan fingerprint density at radius 3 is 2.54 bits per heavy atom. The van der Waals surface area contributed by atoms with Crippen LogP contribution in [0.4, 0.5) is 0 Å². The molecule has 0 spiro atoms. The summed E-state index contributed by atoms with van der Waals surface area (Å²) < 4.78 is 5.78. The van der Waals surface area contributed by atoms with Crippen LogP contribution in [0.3, 0.4) is 0 Å². The molecule has 2 rings (SSSR count). The van der Waals surface area contributed by atoms with Crippen LogP contribution in [-0.4, -0.2) is 86.2 Å². The van der Waals surface area contributed by atoms with Gasteiger partial charge in [0, 0.05) is 58.3 Å². The van der Waals surface area contributed by atoms with E-state index in [0.717, 1.165) is 58.1 Å². The first kappa shape index (κ1) is 21.0. The average Bonchev–Trinajstić information content (AvgIpc) is 3.04.